The molecule has 1 saturated heterocycles. The number of nitrogens with zero attached hydrogens (tertiary/aromatic N) is 4. The Kier molecular flexibility index (Phi) is 4.50. The Labute approximate surface area is 161 Å². The zero-order valence-corrected chi connectivity index (χ0v) is 15.6. The molecule has 3 aromatic rings. The number of aromatic nitrogens is 3. The maximum absolute atomic E-state index is 13.0. The summed E-state index contributed by atoms with van der Waals surface area (Å²) >= 11 is 0. The van der Waals surface area contributed by atoms with Gasteiger partial charge in [0, 0.05) is 30.9 Å². The topological polar surface area (TPSA) is 111 Å². The van der Waals surface area contributed by atoms with E-state index in [-0.39, 0.29) is 11.9 Å². The molecule has 1 fully saturated rings. The van der Waals surface area contributed by atoms with Crippen LogP contribution in [0.3, 0.4) is 0 Å². The van der Waals surface area contributed by atoms with Crippen LogP contribution in [0.5, 0.6) is 0 Å². The lowest BCUT2D eigenvalue weighted by molar-refractivity contribution is 0.0696. The number of carbonyl (C=O) groups is 1. The summed E-state index contributed by atoms with van der Waals surface area (Å²) in [7, 11) is -4.77. The number of likely N-dealkylation sites (tertiary alicyclic amines) is 1. The van der Waals surface area contributed by atoms with Crippen molar-refractivity contribution in [2.75, 3.05) is 18.8 Å². The smallest absolute Gasteiger partial charge is 0.332 e. The fourth-order valence-electron chi connectivity index (χ4n) is 3.57. The highest BCUT2D eigenvalue weighted by Crippen LogP contribution is 2.28. The van der Waals surface area contributed by atoms with Gasteiger partial charge in [0.25, 0.3) is 5.91 Å². The molecule has 8 nitrogen and oxygen atoms in total. The van der Waals surface area contributed by atoms with Gasteiger partial charge in [-0.1, -0.05) is 0 Å². The van der Waals surface area contributed by atoms with E-state index in [1.807, 2.05) is 12.3 Å². The number of amides is 1. The van der Waals surface area contributed by atoms with Crippen molar-refractivity contribution < 1.29 is 17.1 Å². The first kappa shape index (κ1) is 18.4. The number of fused-ring (bicyclic) bond motifs is 1. The van der Waals surface area contributed by atoms with Crippen LogP contribution in [0.15, 0.2) is 47.8 Å². The second kappa shape index (κ2) is 6.86. The zero-order chi connectivity index (χ0) is 19.9. The Morgan fingerprint density at radius 1 is 1.11 bits per heavy atom. The van der Waals surface area contributed by atoms with Gasteiger partial charge in [-0.3, -0.25) is 4.79 Å². The SMILES string of the molecule is Nc1ncnc2c1ccn2C1CCN(C(=O)c2ccc(S(=O)(=O)F)cc2)CC1. The minimum atomic E-state index is -4.77. The minimum absolute atomic E-state index is 0.190. The summed E-state index contributed by atoms with van der Waals surface area (Å²) in [5.74, 6) is 0.236. The average Bonchev–Trinajstić information content (AvgIpc) is 3.12. The highest BCUT2D eigenvalue weighted by molar-refractivity contribution is 7.86. The number of anilines is 1. The van der Waals surface area contributed by atoms with Crippen molar-refractivity contribution in [1.29, 1.82) is 0 Å². The van der Waals surface area contributed by atoms with Crippen LogP contribution in [0.1, 0.15) is 29.2 Å². The van der Waals surface area contributed by atoms with Crippen LogP contribution >= 0.6 is 0 Å². The molecule has 3 heterocycles. The zero-order valence-electron chi connectivity index (χ0n) is 14.8. The first-order valence-corrected chi connectivity index (χ1v) is 10.1. The lowest BCUT2D eigenvalue weighted by Gasteiger charge is -2.33. The fraction of sp³-hybridized carbons (Fsp3) is 0.278. The molecule has 1 aromatic carbocycles. The molecule has 1 amide bonds. The molecule has 0 unspecified atom stereocenters. The first-order valence-electron chi connectivity index (χ1n) is 8.75. The highest BCUT2D eigenvalue weighted by atomic mass is 32.3. The molecule has 28 heavy (non-hydrogen) atoms. The number of carbonyl (C=O) groups excluding carboxylic acids is 1. The van der Waals surface area contributed by atoms with Crippen LogP contribution in [-0.4, -0.2) is 46.8 Å². The van der Waals surface area contributed by atoms with Gasteiger partial charge in [-0.15, -0.1) is 3.89 Å². The van der Waals surface area contributed by atoms with Gasteiger partial charge in [0.2, 0.25) is 0 Å². The number of hydrogen-bond donors (Lipinski definition) is 1. The molecule has 2 aromatic heterocycles. The molecule has 0 spiro atoms. The van der Waals surface area contributed by atoms with E-state index >= 15 is 0 Å². The van der Waals surface area contributed by atoms with E-state index in [1.54, 1.807) is 4.90 Å². The molecule has 0 atom stereocenters. The summed E-state index contributed by atoms with van der Waals surface area (Å²) in [5.41, 5.74) is 6.99. The van der Waals surface area contributed by atoms with Gasteiger partial charge < -0.3 is 15.2 Å². The van der Waals surface area contributed by atoms with Crippen LogP contribution < -0.4 is 5.73 Å². The van der Waals surface area contributed by atoms with Gasteiger partial charge in [0.1, 0.15) is 17.8 Å². The standard InChI is InChI=1S/C18H18FN5O3S/c19-28(26,27)14-3-1-12(2-4-14)18(25)23-8-5-13(6-9-23)24-10-7-15-16(20)21-11-22-17(15)24/h1-4,7,10-11,13H,5-6,8-9H2,(H2,20,21,22). The Morgan fingerprint density at radius 3 is 2.43 bits per heavy atom. The van der Waals surface area contributed by atoms with Crippen molar-refractivity contribution in [2.24, 2.45) is 0 Å². The van der Waals surface area contributed by atoms with Crippen LogP contribution in [0, 0.1) is 0 Å². The minimum Gasteiger partial charge on any atom is -0.383 e. The summed E-state index contributed by atoms with van der Waals surface area (Å²) in [6.45, 7) is 1.10. The maximum Gasteiger partial charge on any atom is 0.332 e. The van der Waals surface area contributed by atoms with Gasteiger partial charge >= 0.3 is 10.2 Å². The van der Waals surface area contributed by atoms with Crippen LogP contribution in [-0.2, 0) is 10.2 Å². The monoisotopic (exact) mass is 403 g/mol. The van der Waals surface area contributed by atoms with Gasteiger partial charge in [0.15, 0.2) is 0 Å². The third-order valence-electron chi connectivity index (χ3n) is 5.07. The van der Waals surface area contributed by atoms with E-state index in [0.717, 1.165) is 36.0 Å². The molecule has 146 valence electrons. The van der Waals surface area contributed by atoms with Crippen molar-refractivity contribution in [3.05, 3.63) is 48.4 Å². The number of hydrogen-bond acceptors (Lipinski definition) is 6. The molecule has 0 saturated carbocycles. The largest absolute Gasteiger partial charge is 0.383 e. The Balaban J connectivity index is 1.46. The van der Waals surface area contributed by atoms with Gasteiger partial charge in [-0.05, 0) is 43.2 Å². The molecule has 0 aliphatic carbocycles. The van der Waals surface area contributed by atoms with Gasteiger partial charge in [-0.25, -0.2) is 9.97 Å². The van der Waals surface area contributed by atoms with Crippen molar-refractivity contribution in [2.45, 2.75) is 23.8 Å². The number of nitrogen functional groups attached to an aromatic ring is 1. The molecule has 0 radical (unpaired) electrons. The molecule has 1 aliphatic rings. The molecular weight excluding hydrogens is 385 g/mol. The molecular formula is C18H18FN5O3S. The van der Waals surface area contributed by atoms with Crippen LogP contribution in [0.25, 0.3) is 11.0 Å². The molecule has 4 rings (SSSR count). The predicted molar refractivity (Wildman–Crippen MR) is 101 cm³/mol. The van der Waals surface area contributed by atoms with E-state index in [9.17, 15) is 17.1 Å². The van der Waals surface area contributed by atoms with Crippen molar-refractivity contribution in [1.82, 2.24) is 19.4 Å². The normalized spacial score (nSPS) is 15.8. The van der Waals surface area contributed by atoms with Gasteiger partial charge in [-0.2, -0.15) is 8.42 Å². The summed E-state index contributed by atoms with van der Waals surface area (Å²) in [4.78, 5) is 22.2. The maximum atomic E-state index is 13.0. The number of rotatable bonds is 3. The van der Waals surface area contributed by atoms with E-state index in [1.165, 1.54) is 18.5 Å². The van der Waals surface area contributed by atoms with Crippen molar-refractivity contribution >= 4 is 33.0 Å². The Hall–Kier alpha value is -3.01. The van der Waals surface area contributed by atoms with E-state index in [4.69, 9.17) is 5.73 Å². The molecule has 10 heteroatoms. The summed E-state index contributed by atoms with van der Waals surface area (Å²) in [5, 5.41) is 0.809. The summed E-state index contributed by atoms with van der Waals surface area (Å²) in [6, 6.07) is 6.95. The third kappa shape index (κ3) is 3.31. The van der Waals surface area contributed by atoms with Crippen molar-refractivity contribution in [3.8, 4) is 0 Å². The number of piperidine rings is 1. The number of halogens is 1. The number of nitrogens with two attached hydrogens (primary N) is 1. The van der Waals surface area contributed by atoms with Gasteiger partial charge in [0.05, 0.1) is 10.3 Å². The van der Waals surface area contributed by atoms with Crippen LogP contribution in [0.2, 0.25) is 0 Å². The number of benzene rings is 1. The van der Waals surface area contributed by atoms with E-state index in [2.05, 4.69) is 14.5 Å². The average molecular weight is 403 g/mol. The lowest BCUT2D eigenvalue weighted by Crippen LogP contribution is -2.39. The molecule has 0 bridgehead atoms. The molecule has 1 aliphatic heterocycles. The quantitative estimate of drug-likeness (QED) is 0.671. The first-order chi connectivity index (χ1) is 13.3. The summed E-state index contributed by atoms with van der Waals surface area (Å²) < 4.78 is 36.8. The highest BCUT2D eigenvalue weighted by Gasteiger charge is 2.26. The predicted octanol–water partition coefficient (Wildman–Crippen LogP) is 2.15. The van der Waals surface area contributed by atoms with E-state index in [0.29, 0.717) is 24.5 Å². The molecule has 2 N–H and O–H groups in total. The van der Waals surface area contributed by atoms with Crippen molar-refractivity contribution in [3.63, 3.8) is 0 Å². The third-order valence-corrected chi connectivity index (χ3v) is 5.90. The lowest BCUT2D eigenvalue weighted by atomic mass is 10.0. The second-order valence-electron chi connectivity index (χ2n) is 6.70. The second-order valence-corrected chi connectivity index (χ2v) is 8.05. The Bertz CT molecular complexity index is 1140. The Morgan fingerprint density at radius 2 is 1.79 bits per heavy atom. The summed E-state index contributed by atoms with van der Waals surface area (Å²) in [6.07, 6.45) is 4.87. The van der Waals surface area contributed by atoms with Crippen LogP contribution in [0.4, 0.5) is 9.70 Å². The van der Waals surface area contributed by atoms with E-state index < -0.39 is 15.1 Å². The fourth-order valence-corrected chi connectivity index (χ4v) is 4.04.